The van der Waals surface area contributed by atoms with Gasteiger partial charge in [0.05, 0.1) is 0 Å². The fraction of sp³-hybridized carbons (Fsp3) is 0.733. The lowest BCUT2D eigenvalue weighted by Gasteiger charge is -2.25. The summed E-state index contributed by atoms with van der Waals surface area (Å²) in [5.74, 6) is 1.15. The van der Waals surface area contributed by atoms with Gasteiger partial charge in [0.2, 0.25) is 10.0 Å². The molecule has 5 nitrogen and oxygen atoms in total. The first-order chi connectivity index (χ1) is 9.77. The van der Waals surface area contributed by atoms with Gasteiger partial charge < -0.3 is 9.73 Å². The zero-order valence-electron chi connectivity index (χ0n) is 14.0. The molecule has 1 aromatic rings. The van der Waals surface area contributed by atoms with E-state index in [0.717, 1.165) is 18.5 Å². The van der Waals surface area contributed by atoms with Gasteiger partial charge in [0.1, 0.15) is 16.4 Å². The van der Waals surface area contributed by atoms with Crippen molar-refractivity contribution in [3.8, 4) is 0 Å². The van der Waals surface area contributed by atoms with Crippen molar-refractivity contribution in [2.75, 3.05) is 13.1 Å². The minimum atomic E-state index is -3.53. The molecule has 0 aliphatic carbocycles. The maximum absolute atomic E-state index is 13.0. The molecule has 0 amide bonds. The van der Waals surface area contributed by atoms with Gasteiger partial charge in [-0.05, 0) is 40.7 Å². The topological polar surface area (TPSA) is 62.6 Å². The molecule has 6 heteroatoms. The van der Waals surface area contributed by atoms with Gasteiger partial charge in [-0.25, -0.2) is 8.42 Å². The molecule has 0 aliphatic rings. The summed E-state index contributed by atoms with van der Waals surface area (Å²) < 4.78 is 33.2. The Labute approximate surface area is 128 Å². The Morgan fingerprint density at radius 3 is 2.29 bits per heavy atom. The molecule has 1 heterocycles. The van der Waals surface area contributed by atoms with Crippen LogP contribution < -0.4 is 5.32 Å². The second-order valence-corrected chi connectivity index (χ2v) is 7.34. The smallest absolute Gasteiger partial charge is 0.247 e. The average Bonchev–Trinajstić information content (AvgIpc) is 2.67. The molecule has 0 atom stereocenters. The summed E-state index contributed by atoms with van der Waals surface area (Å²) in [6, 6.07) is -0.0726. The number of hydrogen-bond acceptors (Lipinski definition) is 4. The van der Waals surface area contributed by atoms with Crippen LogP contribution in [0.15, 0.2) is 9.31 Å². The van der Waals surface area contributed by atoms with Crippen LogP contribution in [0.1, 0.15) is 51.2 Å². The third-order valence-corrected chi connectivity index (χ3v) is 5.73. The van der Waals surface area contributed by atoms with Crippen LogP contribution in [-0.2, 0) is 16.6 Å². The monoisotopic (exact) mass is 316 g/mol. The molecule has 1 N–H and O–H groups in total. The Balaban J connectivity index is 3.35. The second kappa shape index (κ2) is 7.42. The number of rotatable bonds is 8. The first-order valence-corrected chi connectivity index (χ1v) is 9.02. The molecule has 0 spiro atoms. The van der Waals surface area contributed by atoms with Crippen LogP contribution in [0.4, 0.5) is 0 Å². The third-order valence-electron chi connectivity index (χ3n) is 3.46. The molecule has 0 aromatic carbocycles. The minimum Gasteiger partial charge on any atom is -0.465 e. The fourth-order valence-electron chi connectivity index (χ4n) is 2.50. The van der Waals surface area contributed by atoms with Crippen molar-refractivity contribution in [1.82, 2.24) is 9.62 Å². The molecule has 122 valence electrons. The lowest BCUT2D eigenvalue weighted by molar-refractivity contribution is 0.353. The number of sulfonamides is 1. The summed E-state index contributed by atoms with van der Waals surface area (Å²) in [5.41, 5.74) is 0.746. The lowest BCUT2D eigenvalue weighted by atomic mass is 10.2. The standard InChI is InChI=1S/C15H28N2O3S/c1-7-9-17(11(3)4)21(18,19)15-13(6)20-12(5)14(15)10-16-8-2/h11,16H,7-10H2,1-6H3. The first kappa shape index (κ1) is 18.2. The zero-order valence-corrected chi connectivity index (χ0v) is 14.8. The van der Waals surface area contributed by atoms with Crippen molar-refractivity contribution < 1.29 is 12.8 Å². The third kappa shape index (κ3) is 3.87. The van der Waals surface area contributed by atoms with Crippen molar-refractivity contribution >= 4 is 10.0 Å². The molecular formula is C15H28N2O3S. The van der Waals surface area contributed by atoms with Crippen LogP contribution in [0.5, 0.6) is 0 Å². The molecule has 0 fully saturated rings. The predicted molar refractivity (Wildman–Crippen MR) is 84.9 cm³/mol. The van der Waals surface area contributed by atoms with Gasteiger partial charge in [-0.2, -0.15) is 4.31 Å². The Morgan fingerprint density at radius 2 is 1.81 bits per heavy atom. The SMILES string of the molecule is CCCN(C(C)C)S(=O)(=O)c1c(C)oc(C)c1CNCC. The number of aryl methyl sites for hydroxylation is 2. The molecule has 21 heavy (non-hydrogen) atoms. The average molecular weight is 316 g/mol. The number of nitrogens with zero attached hydrogens (tertiary/aromatic N) is 1. The highest BCUT2D eigenvalue weighted by molar-refractivity contribution is 7.89. The van der Waals surface area contributed by atoms with E-state index in [1.807, 2.05) is 34.6 Å². The van der Waals surface area contributed by atoms with E-state index >= 15 is 0 Å². The largest absolute Gasteiger partial charge is 0.465 e. The quantitative estimate of drug-likeness (QED) is 0.801. The molecule has 0 bridgehead atoms. The van der Waals surface area contributed by atoms with Crippen LogP contribution in [0.3, 0.4) is 0 Å². The molecule has 0 unspecified atom stereocenters. The van der Waals surface area contributed by atoms with E-state index in [-0.39, 0.29) is 6.04 Å². The summed E-state index contributed by atoms with van der Waals surface area (Å²) in [6.45, 7) is 13.1. The van der Waals surface area contributed by atoms with Crippen LogP contribution in [-0.4, -0.2) is 31.9 Å². The number of hydrogen-bond donors (Lipinski definition) is 1. The van der Waals surface area contributed by atoms with E-state index in [4.69, 9.17) is 4.42 Å². The van der Waals surface area contributed by atoms with Gasteiger partial charge in [0.25, 0.3) is 0 Å². The molecule has 1 rings (SSSR count). The van der Waals surface area contributed by atoms with Gasteiger partial charge in [-0.1, -0.05) is 13.8 Å². The Kier molecular flexibility index (Phi) is 6.43. The highest BCUT2D eigenvalue weighted by Gasteiger charge is 2.33. The summed E-state index contributed by atoms with van der Waals surface area (Å²) in [4.78, 5) is 0.336. The minimum absolute atomic E-state index is 0.0726. The Hall–Kier alpha value is -0.850. The molecule has 0 radical (unpaired) electrons. The van der Waals surface area contributed by atoms with E-state index in [0.29, 0.717) is 29.5 Å². The van der Waals surface area contributed by atoms with Crippen LogP contribution >= 0.6 is 0 Å². The highest BCUT2D eigenvalue weighted by atomic mass is 32.2. The lowest BCUT2D eigenvalue weighted by Crippen LogP contribution is -2.38. The van der Waals surface area contributed by atoms with Crippen molar-refractivity contribution in [2.45, 2.75) is 65.4 Å². The van der Waals surface area contributed by atoms with Crippen molar-refractivity contribution in [1.29, 1.82) is 0 Å². The zero-order chi connectivity index (χ0) is 16.2. The van der Waals surface area contributed by atoms with E-state index in [1.54, 1.807) is 11.2 Å². The summed E-state index contributed by atoms with van der Waals surface area (Å²) >= 11 is 0. The van der Waals surface area contributed by atoms with Crippen LogP contribution in [0, 0.1) is 13.8 Å². The summed E-state index contributed by atoms with van der Waals surface area (Å²) in [6.07, 6.45) is 0.788. The maximum Gasteiger partial charge on any atom is 0.247 e. The number of nitrogens with one attached hydrogen (secondary N) is 1. The normalized spacial score (nSPS) is 12.6. The fourth-order valence-corrected chi connectivity index (χ4v) is 4.64. The molecule has 0 aliphatic heterocycles. The van der Waals surface area contributed by atoms with Crippen molar-refractivity contribution in [2.24, 2.45) is 0 Å². The van der Waals surface area contributed by atoms with E-state index in [9.17, 15) is 8.42 Å². The van der Waals surface area contributed by atoms with Gasteiger partial charge in [-0.15, -0.1) is 0 Å². The van der Waals surface area contributed by atoms with E-state index < -0.39 is 10.0 Å². The Morgan fingerprint density at radius 1 is 1.19 bits per heavy atom. The van der Waals surface area contributed by atoms with Gasteiger partial charge in [0, 0.05) is 24.7 Å². The predicted octanol–water partition coefficient (Wildman–Crippen LogP) is 2.82. The van der Waals surface area contributed by atoms with Gasteiger partial charge >= 0.3 is 0 Å². The number of furan rings is 1. The molecular weight excluding hydrogens is 288 g/mol. The molecule has 0 saturated carbocycles. The molecule has 0 saturated heterocycles. The van der Waals surface area contributed by atoms with Gasteiger partial charge in [0.15, 0.2) is 0 Å². The Bertz CT molecular complexity index is 562. The van der Waals surface area contributed by atoms with Crippen LogP contribution in [0.2, 0.25) is 0 Å². The van der Waals surface area contributed by atoms with Crippen molar-refractivity contribution in [3.63, 3.8) is 0 Å². The van der Waals surface area contributed by atoms with E-state index in [1.165, 1.54) is 0 Å². The summed E-state index contributed by atoms with van der Waals surface area (Å²) in [5, 5.41) is 3.19. The van der Waals surface area contributed by atoms with Crippen molar-refractivity contribution in [3.05, 3.63) is 17.1 Å². The summed E-state index contributed by atoms with van der Waals surface area (Å²) in [7, 11) is -3.53. The highest BCUT2D eigenvalue weighted by Crippen LogP contribution is 2.30. The van der Waals surface area contributed by atoms with E-state index in [2.05, 4.69) is 5.32 Å². The molecule has 1 aromatic heterocycles. The second-order valence-electron chi connectivity index (χ2n) is 5.51. The first-order valence-electron chi connectivity index (χ1n) is 7.58. The van der Waals surface area contributed by atoms with Gasteiger partial charge in [-0.3, -0.25) is 0 Å². The maximum atomic E-state index is 13.0. The van der Waals surface area contributed by atoms with Crippen LogP contribution in [0.25, 0.3) is 0 Å².